The summed E-state index contributed by atoms with van der Waals surface area (Å²) in [6, 6.07) is 3.11. The van der Waals surface area contributed by atoms with E-state index in [1.54, 1.807) is 0 Å². The van der Waals surface area contributed by atoms with Crippen LogP contribution in [0.3, 0.4) is 0 Å². The van der Waals surface area contributed by atoms with Gasteiger partial charge in [0.25, 0.3) is 0 Å². The van der Waals surface area contributed by atoms with Crippen molar-refractivity contribution < 1.29 is 31.1 Å². The monoisotopic (exact) mass is 382 g/mol. The molecule has 0 N–H and O–H groups in total. The topological polar surface area (TPSA) is 9.23 Å². The van der Waals surface area contributed by atoms with Crippen LogP contribution in [0.2, 0.25) is 0 Å². The minimum atomic E-state index is -4.94. The van der Waals surface area contributed by atoms with Gasteiger partial charge in [-0.3, -0.25) is 0 Å². The highest BCUT2D eigenvalue weighted by molar-refractivity contribution is 9.09. The van der Waals surface area contributed by atoms with Crippen molar-refractivity contribution in [1.82, 2.24) is 0 Å². The maximum Gasteiger partial charge on any atom is 0.573 e. The first-order valence-corrected chi connectivity index (χ1v) is 7.25. The quantitative estimate of drug-likeness (QED) is 0.376. The Balaban J connectivity index is 3.01. The van der Waals surface area contributed by atoms with Gasteiger partial charge in [0.2, 0.25) is 0 Å². The second kappa shape index (κ2) is 6.93. The molecule has 1 nitrogen and oxygen atoms in total. The number of ether oxygens (including phenoxy) is 1. The molecule has 20 heavy (non-hydrogen) atoms. The molecule has 1 rings (SSSR count). The molecule has 1 aromatic rings. The lowest BCUT2D eigenvalue weighted by molar-refractivity contribution is -0.275. The fourth-order valence-electron chi connectivity index (χ4n) is 1.42. The molecular weight excluding hydrogens is 374 g/mol. The molecule has 1 aromatic carbocycles. The zero-order valence-corrected chi connectivity index (χ0v) is 12.2. The molecule has 0 saturated heterocycles. The number of aryl methyl sites for hydroxylation is 1. The molecule has 0 heterocycles. The molecule has 0 saturated carbocycles. The van der Waals surface area contributed by atoms with Crippen molar-refractivity contribution in [3.05, 3.63) is 23.8 Å². The zero-order valence-electron chi connectivity index (χ0n) is 9.82. The van der Waals surface area contributed by atoms with Crippen molar-refractivity contribution in [3.63, 3.8) is 0 Å². The molecule has 0 aromatic heterocycles. The van der Waals surface area contributed by atoms with Crippen molar-refractivity contribution in [3.8, 4) is 5.75 Å². The van der Waals surface area contributed by atoms with E-state index in [2.05, 4.69) is 20.7 Å². The number of alkyl halides is 7. The molecule has 0 fully saturated rings. The van der Waals surface area contributed by atoms with Crippen LogP contribution in [0.15, 0.2) is 23.1 Å². The number of thioether (sulfide) groups is 1. The van der Waals surface area contributed by atoms with E-state index in [1.165, 1.54) is 6.07 Å². The lowest BCUT2D eigenvalue weighted by Crippen LogP contribution is -2.18. The Morgan fingerprint density at radius 3 is 2.25 bits per heavy atom. The summed E-state index contributed by atoms with van der Waals surface area (Å²) in [4.78, 5) is -0.348. The number of hydrogen-bond donors (Lipinski definition) is 0. The van der Waals surface area contributed by atoms with Gasteiger partial charge in [-0.2, -0.15) is 13.2 Å². The third kappa shape index (κ3) is 6.74. The van der Waals surface area contributed by atoms with E-state index >= 15 is 0 Å². The lowest BCUT2D eigenvalue weighted by atomic mass is 10.1. The fourth-order valence-corrected chi connectivity index (χ4v) is 2.27. The average Bonchev–Trinajstić information content (AvgIpc) is 2.23. The van der Waals surface area contributed by atoms with Gasteiger partial charge >= 0.3 is 11.9 Å². The lowest BCUT2D eigenvalue weighted by Gasteiger charge is -2.15. The summed E-state index contributed by atoms with van der Waals surface area (Å²) in [7, 11) is 0. The number of benzene rings is 1. The Labute approximate surface area is 123 Å². The van der Waals surface area contributed by atoms with Gasteiger partial charge in [0.1, 0.15) is 5.75 Å². The van der Waals surface area contributed by atoms with Crippen LogP contribution >= 0.6 is 27.7 Å². The molecular formula is C11H9BrF6OS. The first-order valence-electron chi connectivity index (χ1n) is 5.31. The Bertz CT molecular complexity index is 446. The largest absolute Gasteiger partial charge is 0.573 e. The third-order valence-electron chi connectivity index (χ3n) is 2.08. The normalized spacial score (nSPS) is 12.6. The molecule has 0 radical (unpaired) electrons. The van der Waals surface area contributed by atoms with Crippen molar-refractivity contribution in [2.75, 3.05) is 5.33 Å². The van der Waals surface area contributed by atoms with Crippen molar-refractivity contribution in [2.24, 2.45) is 0 Å². The molecule has 0 amide bonds. The molecule has 0 aliphatic carbocycles. The Morgan fingerprint density at radius 2 is 1.75 bits per heavy atom. The van der Waals surface area contributed by atoms with Crippen LogP contribution in [0.5, 0.6) is 5.75 Å². The van der Waals surface area contributed by atoms with Gasteiger partial charge in [-0.25, -0.2) is 0 Å². The minimum Gasteiger partial charge on any atom is -0.405 e. The summed E-state index contributed by atoms with van der Waals surface area (Å²) < 4.78 is 77.2. The van der Waals surface area contributed by atoms with E-state index in [-0.39, 0.29) is 16.9 Å². The summed E-state index contributed by atoms with van der Waals surface area (Å²) >= 11 is 2.65. The van der Waals surface area contributed by atoms with Crippen LogP contribution in [0.4, 0.5) is 26.3 Å². The summed E-state index contributed by atoms with van der Waals surface area (Å²) in [6.45, 7) is 0. The molecule has 9 heteroatoms. The molecule has 0 spiro atoms. The fraction of sp³-hybridized carbons (Fsp3) is 0.455. The van der Waals surface area contributed by atoms with Gasteiger partial charge in [-0.05, 0) is 42.3 Å². The van der Waals surface area contributed by atoms with Crippen molar-refractivity contribution in [1.29, 1.82) is 0 Å². The van der Waals surface area contributed by atoms with Crippen LogP contribution in [-0.4, -0.2) is 17.2 Å². The molecule has 0 atom stereocenters. The van der Waals surface area contributed by atoms with E-state index in [9.17, 15) is 26.3 Å². The summed E-state index contributed by atoms with van der Waals surface area (Å²) in [6.07, 6.45) is -4.13. The van der Waals surface area contributed by atoms with E-state index in [1.807, 2.05) is 0 Å². The first kappa shape index (κ1) is 17.5. The third-order valence-corrected chi connectivity index (χ3v) is 3.36. The van der Waals surface area contributed by atoms with E-state index in [0.717, 1.165) is 12.1 Å². The highest BCUT2D eigenvalue weighted by Crippen LogP contribution is 2.39. The van der Waals surface area contributed by atoms with Gasteiger partial charge < -0.3 is 4.74 Å². The van der Waals surface area contributed by atoms with E-state index < -0.39 is 29.4 Å². The van der Waals surface area contributed by atoms with Gasteiger partial charge in [0.05, 0.1) is 0 Å². The predicted octanol–water partition coefficient (Wildman–Crippen LogP) is 5.52. The maximum absolute atomic E-state index is 12.3. The number of hydrogen-bond acceptors (Lipinski definition) is 2. The summed E-state index contributed by atoms with van der Waals surface area (Å²) in [5.41, 5.74) is -4.35. The molecule has 114 valence electrons. The minimum absolute atomic E-state index is 0.216. The van der Waals surface area contributed by atoms with Crippen LogP contribution in [0, 0.1) is 0 Å². The second-order valence-corrected chi connectivity index (χ2v) is 5.59. The van der Waals surface area contributed by atoms with Crippen LogP contribution < -0.4 is 4.74 Å². The standard InChI is InChI=1S/C11H9BrF6OS/c12-5-1-2-7-3-4-8(20-11(16,17)18)6-9(7)19-10(13,14)15/h3-4,6H,1-2,5H2. The second-order valence-electron chi connectivity index (χ2n) is 3.66. The Hall–Kier alpha value is -0.570. The van der Waals surface area contributed by atoms with Crippen molar-refractivity contribution in [2.45, 2.75) is 29.6 Å². The van der Waals surface area contributed by atoms with E-state index in [4.69, 9.17) is 0 Å². The zero-order chi connectivity index (χ0) is 15.4. The van der Waals surface area contributed by atoms with Crippen LogP contribution in [-0.2, 0) is 6.42 Å². The van der Waals surface area contributed by atoms with Gasteiger partial charge in [-0.1, -0.05) is 22.0 Å². The Kier molecular flexibility index (Phi) is 6.06. The molecule has 0 unspecified atom stereocenters. The number of rotatable bonds is 5. The van der Waals surface area contributed by atoms with E-state index in [0.29, 0.717) is 11.8 Å². The average molecular weight is 383 g/mol. The first-order chi connectivity index (χ1) is 9.11. The van der Waals surface area contributed by atoms with Gasteiger partial charge in [-0.15, -0.1) is 13.2 Å². The van der Waals surface area contributed by atoms with Crippen molar-refractivity contribution >= 4 is 27.7 Å². The highest BCUT2D eigenvalue weighted by atomic mass is 79.9. The van der Waals surface area contributed by atoms with Crippen LogP contribution in [0.25, 0.3) is 0 Å². The highest BCUT2D eigenvalue weighted by Gasteiger charge is 2.33. The van der Waals surface area contributed by atoms with Gasteiger partial charge in [0, 0.05) is 10.2 Å². The maximum atomic E-state index is 12.3. The SMILES string of the molecule is FC(F)(F)Oc1cc(SC(F)(F)F)ccc1CCCBr. The molecule has 0 bridgehead atoms. The summed E-state index contributed by atoms with van der Waals surface area (Å²) in [5.74, 6) is -0.590. The molecule has 0 aliphatic rings. The van der Waals surface area contributed by atoms with Gasteiger partial charge in [0.15, 0.2) is 0 Å². The van der Waals surface area contributed by atoms with Crippen LogP contribution in [0.1, 0.15) is 12.0 Å². The number of halogens is 7. The smallest absolute Gasteiger partial charge is 0.405 e. The molecule has 0 aliphatic heterocycles. The predicted molar refractivity (Wildman–Crippen MR) is 67.2 cm³/mol. The summed E-state index contributed by atoms with van der Waals surface area (Å²) in [5, 5.41) is 0.567. The Morgan fingerprint density at radius 1 is 1.10 bits per heavy atom.